The number of amides is 1. The van der Waals surface area contributed by atoms with Crippen LogP contribution in [0.5, 0.6) is 0 Å². The van der Waals surface area contributed by atoms with Gasteiger partial charge in [0, 0.05) is 19.0 Å². The standard InChI is InChI=1S/C17H25N5O/c18-14(15-7-2-3-9-20-15)13-16(19)21-17(23)8-6-12-22-10-4-1-5-11-22/h2-3,7,9,18H,1,4-6,8,10-13H2,(H2,19,21,23). The molecule has 124 valence electrons. The van der Waals surface area contributed by atoms with Gasteiger partial charge >= 0.3 is 0 Å². The number of pyridine rings is 1. The number of nitrogens with one attached hydrogen (secondary N) is 1. The van der Waals surface area contributed by atoms with Gasteiger partial charge in [-0.15, -0.1) is 0 Å². The van der Waals surface area contributed by atoms with Crippen LogP contribution >= 0.6 is 0 Å². The van der Waals surface area contributed by atoms with Crippen molar-refractivity contribution in [2.45, 2.75) is 38.5 Å². The zero-order valence-corrected chi connectivity index (χ0v) is 13.5. The predicted octanol–water partition coefficient (Wildman–Crippen LogP) is 1.99. The Labute approximate surface area is 137 Å². The molecule has 1 aromatic heterocycles. The first kappa shape index (κ1) is 17.3. The molecule has 6 heteroatoms. The molecule has 0 aromatic carbocycles. The molecule has 3 N–H and O–H groups in total. The highest BCUT2D eigenvalue weighted by Crippen LogP contribution is 2.09. The van der Waals surface area contributed by atoms with Crippen LogP contribution < -0.4 is 5.73 Å². The Morgan fingerprint density at radius 3 is 2.78 bits per heavy atom. The van der Waals surface area contributed by atoms with E-state index in [1.54, 1.807) is 18.3 Å². The van der Waals surface area contributed by atoms with Gasteiger partial charge in [0.2, 0.25) is 5.91 Å². The van der Waals surface area contributed by atoms with Gasteiger partial charge < -0.3 is 16.0 Å². The number of carbonyl (C=O) groups excluding carboxylic acids is 1. The second-order valence-electron chi connectivity index (χ2n) is 5.87. The third-order valence-electron chi connectivity index (χ3n) is 3.91. The highest BCUT2D eigenvalue weighted by atomic mass is 16.1. The van der Waals surface area contributed by atoms with E-state index in [4.69, 9.17) is 11.1 Å². The summed E-state index contributed by atoms with van der Waals surface area (Å²) in [7, 11) is 0. The Kier molecular flexibility index (Phi) is 6.87. The summed E-state index contributed by atoms with van der Waals surface area (Å²) in [5.74, 6) is -0.0167. The molecular formula is C17H25N5O. The Balaban J connectivity index is 1.71. The van der Waals surface area contributed by atoms with Gasteiger partial charge in [-0.2, -0.15) is 0 Å². The van der Waals surface area contributed by atoms with Crippen molar-refractivity contribution in [1.29, 1.82) is 5.41 Å². The molecule has 0 unspecified atom stereocenters. The number of aromatic nitrogens is 1. The monoisotopic (exact) mass is 315 g/mol. The summed E-state index contributed by atoms with van der Waals surface area (Å²) in [6.07, 6.45) is 6.83. The molecule has 1 aliphatic rings. The van der Waals surface area contributed by atoms with E-state index in [1.807, 2.05) is 6.07 Å². The number of nitrogens with zero attached hydrogens (tertiary/aromatic N) is 3. The fourth-order valence-corrected chi connectivity index (χ4v) is 2.71. The lowest BCUT2D eigenvalue weighted by molar-refractivity contribution is -0.117. The van der Waals surface area contributed by atoms with Crippen LogP contribution in [0.2, 0.25) is 0 Å². The minimum Gasteiger partial charge on any atom is -0.387 e. The maximum absolute atomic E-state index is 11.8. The summed E-state index contributed by atoms with van der Waals surface area (Å²) in [6.45, 7) is 3.23. The van der Waals surface area contributed by atoms with Crippen LogP contribution in [-0.4, -0.2) is 47.0 Å². The highest BCUT2D eigenvalue weighted by molar-refractivity contribution is 6.11. The van der Waals surface area contributed by atoms with E-state index in [-0.39, 0.29) is 23.9 Å². The van der Waals surface area contributed by atoms with Crippen LogP contribution in [0.3, 0.4) is 0 Å². The molecule has 2 rings (SSSR count). The average Bonchev–Trinajstić information content (AvgIpc) is 2.56. The van der Waals surface area contributed by atoms with Crippen molar-refractivity contribution in [3.8, 4) is 0 Å². The molecule has 0 bridgehead atoms. The normalized spacial score (nSPS) is 16.3. The van der Waals surface area contributed by atoms with E-state index >= 15 is 0 Å². The number of nitrogens with two attached hydrogens (primary N) is 1. The van der Waals surface area contributed by atoms with Crippen LogP contribution in [0.4, 0.5) is 0 Å². The summed E-state index contributed by atoms with van der Waals surface area (Å²) in [5, 5.41) is 7.94. The molecule has 23 heavy (non-hydrogen) atoms. The molecule has 1 amide bonds. The molecule has 6 nitrogen and oxygen atoms in total. The molecule has 2 heterocycles. The molecular weight excluding hydrogens is 290 g/mol. The number of carbonyl (C=O) groups is 1. The second-order valence-corrected chi connectivity index (χ2v) is 5.87. The van der Waals surface area contributed by atoms with Crippen LogP contribution in [-0.2, 0) is 4.79 Å². The van der Waals surface area contributed by atoms with Gasteiger partial charge in [-0.1, -0.05) is 12.5 Å². The fraction of sp³-hybridized carbons (Fsp3) is 0.529. The lowest BCUT2D eigenvalue weighted by Crippen LogP contribution is -2.30. The van der Waals surface area contributed by atoms with E-state index in [0.29, 0.717) is 12.1 Å². The number of amidine groups is 1. The number of piperidine rings is 1. The first-order valence-corrected chi connectivity index (χ1v) is 8.22. The first-order valence-electron chi connectivity index (χ1n) is 8.22. The van der Waals surface area contributed by atoms with Crippen molar-refractivity contribution in [1.82, 2.24) is 9.88 Å². The number of hydrogen-bond donors (Lipinski definition) is 2. The van der Waals surface area contributed by atoms with Crippen molar-refractivity contribution in [3.05, 3.63) is 30.1 Å². The van der Waals surface area contributed by atoms with Gasteiger partial charge in [-0.05, 0) is 51.0 Å². The Bertz CT molecular complexity index is 549. The van der Waals surface area contributed by atoms with Crippen molar-refractivity contribution in [3.63, 3.8) is 0 Å². The average molecular weight is 315 g/mol. The van der Waals surface area contributed by atoms with Crippen LogP contribution in [0.15, 0.2) is 29.4 Å². The minimum atomic E-state index is -0.201. The lowest BCUT2D eigenvalue weighted by Gasteiger charge is -2.25. The molecule has 0 saturated carbocycles. The first-order chi connectivity index (χ1) is 11.1. The van der Waals surface area contributed by atoms with Crippen molar-refractivity contribution >= 4 is 17.5 Å². The van der Waals surface area contributed by atoms with E-state index in [0.717, 1.165) is 26.1 Å². The summed E-state index contributed by atoms with van der Waals surface area (Å²) >= 11 is 0. The molecule has 1 aromatic rings. The number of rotatable bonds is 7. The van der Waals surface area contributed by atoms with E-state index in [9.17, 15) is 4.79 Å². The topological polar surface area (TPSA) is 95.4 Å². The Hall–Kier alpha value is -2.08. The zero-order valence-electron chi connectivity index (χ0n) is 13.5. The minimum absolute atomic E-state index is 0.148. The maximum Gasteiger partial charge on any atom is 0.247 e. The van der Waals surface area contributed by atoms with Gasteiger partial charge in [0.05, 0.1) is 11.4 Å². The van der Waals surface area contributed by atoms with Crippen LogP contribution in [0.25, 0.3) is 0 Å². The van der Waals surface area contributed by atoms with Crippen LogP contribution in [0, 0.1) is 5.41 Å². The Morgan fingerprint density at radius 1 is 1.30 bits per heavy atom. The largest absolute Gasteiger partial charge is 0.387 e. The third-order valence-corrected chi connectivity index (χ3v) is 3.91. The van der Waals surface area contributed by atoms with Gasteiger partial charge in [-0.3, -0.25) is 9.78 Å². The molecule has 0 radical (unpaired) electrons. The van der Waals surface area contributed by atoms with Crippen molar-refractivity contribution in [2.24, 2.45) is 10.7 Å². The summed E-state index contributed by atoms with van der Waals surface area (Å²) in [5.41, 5.74) is 6.61. The fourth-order valence-electron chi connectivity index (χ4n) is 2.71. The molecule has 1 saturated heterocycles. The van der Waals surface area contributed by atoms with Crippen molar-refractivity contribution < 1.29 is 4.79 Å². The smallest absolute Gasteiger partial charge is 0.247 e. The zero-order chi connectivity index (χ0) is 16.5. The quantitative estimate of drug-likeness (QED) is 0.594. The number of hydrogen-bond acceptors (Lipinski definition) is 4. The third kappa shape index (κ3) is 6.28. The SMILES string of the molecule is N=C(CC(N)=NC(=O)CCCN1CCCCC1)c1ccccn1. The predicted molar refractivity (Wildman–Crippen MR) is 91.8 cm³/mol. The van der Waals surface area contributed by atoms with Gasteiger partial charge in [0.15, 0.2) is 0 Å². The van der Waals surface area contributed by atoms with Crippen molar-refractivity contribution in [2.75, 3.05) is 19.6 Å². The highest BCUT2D eigenvalue weighted by Gasteiger charge is 2.11. The van der Waals surface area contributed by atoms with E-state index in [2.05, 4.69) is 14.9 Å². The number of aliphatic imine (C=N–C) groups is 1. The van der Waals surface area contributed by atoms with Crippen LogP contribution in [0.1, 0.15) is 44.2 Å². The van der Waals surface area contributed by atoms with Gasteiger partial charge in [0.25, 0.3) is 0 Å². The van der Waals surface area contributed by atoms with E-state index < -0.39 is 0 Å². The molecule has 0 spiro atoms. The second kappa shape index (κ2) is 9.15. The Morgan fingerprint density at radius 2 is 2.09 bits per heavy atom. The van der Waals surface area contributed by atoms with E-state index in [1.165, 1.54) is 19.3 Å². The summed E-state index contributed by atoms with van der Waals surface area (Å²) < 4.78 is 0. The molecule has 1 fully saturated rings. The maximum atomic E-state index is 11.8. The lowest BCUT2D eigenvalue weighted by atomic mass is 10.1. The number of likely N-dealkylation sites (tertiary alicyclic amines) is 1. The molecule has 0 atom stereocenters. The summed E-state index contributed by atoms with van der Waals surface area (Å²) in [4.78, 5) is 22.2. The summed E-state index contributed by atoms with van der Waals surface area (Å²) in [6, 6.07) is 5.35. The molecule has 1 aliphatic heterocycles. The van der Waals surface area contributed by atoms with Gasteiger partial charge in [0.1, 0.15) is 5.84 Å². The van der Waals surface area contributed by atoms with Gasteiger partial charge in [-0.25, -0.2) is 4.99 Å². The molecule has 0 aliphatic carbocycles.